The van der Waals surface area contributed by atoms with Gasteiger partial charge in [-0.2, -0.15) is 0 Å². The molecule has 2 aromatic carbocycles. The zero-order valence-electron chi connectivity index (χ0n) is 11.8. The predicted octanol–water partition coefficient (Wildman–Crippen LogP) is 4.24. The highest BCUT2D eigenvalue weighted by Gasteiger charge is 2.14. The second-order valence-corrected chi connectivity index (χ2v) is 6.00. The molecule has 21 heavy (non-hydrogen) atoms. The molecule has 0 aliphatic rings. The van der Waals surface area contributed by atoms with Crippen LogP contribution in [0.25, 0.3) is 0 Å². The monoisotopic (exact) mass is 365 g/mol. The van der Waals surface area contributed by atoms with Gasteiger partial charge < -0.3 is 10.1 Å². The Balaban J connectivity index is 2.12. The van der Waals surface area contributed by atoms with E-state index in [1.54, 1.807) is 13.2 Å². The molecule has 0 heterocycles. The lowest BCUT2D eigenvalue weighted by atomic mass is 10.1. The van der Waals surface area contributed by atoms with Gasteiger partial charge in [0.25, 0.3) is 5.91 Å². The Hall–Kier alpha value is -1.46. The van der Waals surface area contributed by atoms with Crippen LogP contribution in [-0.2, 0) is 0 Å². The standard InChI is InChI=1S/C16H16BrNO2S/c1-10(11-3-5-12(20-2)6-4-11)18-16(19)14-9-13(21)7-8-15(14)17/h3-10,21H,1-2H3,(H,18,19). The van der Waals surface area contributed by atoms with Crippen LogP contribution < -0.4 is 10.1 Å². The number of methoxy groups -OCH3 is 1. The molecule has 0 spiro atoms. The minimum atomic E-state index is -0.138. The Bertz CT molecular complexity index is 643. The fourth-order valence-electron chi connectivity index (χ4n) is 1.94. The van der Waals surface area contributed by atoms with Crippen LogP contribution in [0.1, 0.15) is 28.9 Å². The van der Waals surface area contributed by atoms with Crippen molar-refractivity contribution in [2.75, 3.05) is 7.11 Å². The third kappa shape index (κ3) is 4.02. The second-order valence-electron chi connectivity index (χ2n) is 4.63. The number of benzene rings is 2. The van der Waals surface area contributed by atoms with Gasteiger partial charge in [-0.05, 0) is 58.7 Å². The summed E-state index contributed by atoms with van der Waals surface area (Å²) < 4.78 is 5.88. The first-order valence-electron chi connectivity index (χ1n) is 6.44. The van der Waals surface area contributed by atoms with Gasteiger partial charge in [-0.3, -0.25) is 4.79 Å². The van der Waals surface area contributed by atoms with Crippen molar-refractivity contribution < 1.29 is 9.53 Å². The van der Waals surface area contributed by atoms with Gasteiger partial charge in [0.15, 0.2) is 0 Å². The molecule has 0 saturated carbocycles. The smallest absolute Gasteiger partial charge is 0.252 e. The fourth-order valence-corrected chi connectivity index (χ4v) is 2.57. The highest BCUT2D eigenvalue weighted by Crippen LogP contribution is 2.22. The van der Waals surface area contributed by atoms with E-state index < -0.39 is 0 Å². The summed E-state index contributed by atoms with van der Waals surface area (Å²) >= 11 is 7.65. The van der Waals surface area contributed by atoms with E-state index in [0.717, 1.165) is 20.7 Å². The Kier molecular flexibility index (Phi) is 5.31. The lowest BCUT2D eigenvalue weighted by Gasteiger charge is -2.15. The highest BCUT2D eigenvalue weighted by atomic mass is 79.9. The minimum Gasteiger partial charge on any atom is -0.497 e. The Labute approximate surface area is 138 Å². The van der Waals surface area contributed by atoms with Crippen LogP contribution in [0.2, 0.25) is 0 Å². The summed E-state index contributed by atoms with van der Waals surface area (Å²) in [4.78, 5) is 13.1. The summed E-state index contributed by atoms with van der Waals surface area (Å²) in [7, 11) is 1.63. The third-order valence-electron chi connectivity index (χ3n) is 3.16. The number of carbonyl (C=O) groups is 1. The molecule has 1 N–H and O–H groups in total. The molecule has 0 saturated heterocycles. The molecule has 0 bridgehead atoms. The van der Waals surface area contributed by atoms with Gasteiger partial charge in [0.05, 0.1) is 18.7 Å². The number of thiol groups is 1. The van der Waals surface area contributed by atoms with Gasteiger partial charge in [-0.1, -0.05) is 12.1 Å². The van der Waals surface area contributed by atoms with E-state index in [9.17, 15) is 4.79 Å². The molecular formula is C16H16BrNO2S. The van der Waals surface area contributed by atoms with Crippen molar-refractivity contribution in [3.63, 3.8) is 0 Å². The maximum atomic E-state index is 12.3. The van der Waals surface area contributed by atoms with Gasteiger partial charge in [0.1, 0.15) is 5.75 Å². The number of halogens is 1. The molecule has 2 aromatic rings. The quantitative estimate of drug-likeness (QED) is 0.795. The van der Waals surface area contributed by atoms with E-state index in [0.29, 0.717) is 5.56 Å². The van der Waals surface area contributed by atoms with E-state index in [2.05, 4.69) is 33.9 Å². The molecule has 0 aliphatic heterocycles. The first-order valence-corrected chi connectivity index (χ1v) is 7.68. The topological polar surface area (TPSA) is 38.3 Å². The summed E-state index contributed by atoms with van der Waals surface area (Å²) in [5, 5.41) is 2.97. The average molecular weight is 366 g/mol. The molecule has 1 unspecified atom stereocenters. The second kappa shape index (κ2) is 7.00. The number of amides is 1. The van der Waals surface area contributed by atoms with Gasteiger partial charge >= 0.3 is 0 Å². The molecule has 1 atom stereocenters. The summed E-state index contributed by atoms with van der Waals surface area (Å²) in [6.07, 6.45) is 0. The zero-order valence-corrected chi connectivity index (χ0v) is 14.2. The normalized spacial score (nSPS) is 11.8. The first-order chi connectivity index (χ1) is 10.0. The highest BCUT2D eigenvalue weighted by molar-refractivity contribution is 9.10. The van der Waals surface area contributed by atoms with Gasteiger partial charge in [-0.25, -0.2) is 0 Å². The van der Waals surface area contributed by atoms with Crippen LogP contribution >= 0.6 is 28.6 Å². The fraction of sp³-hybridized carbons (Fsp3) is 0.188. The molecule has 110 valence electrons. The van der Waals surface area contributed by atoms with Crippen molar-refractivity contribution in [1.29, 1.82) is 0 Å². The lowest BCUT2D eigenvalue weighted by Crippen LogP contribution is -2.26. The summed E-state index contributed by atoms with van der Waals surface area (Å²) in [6, 6.07) is 12.9. The summed E-state index contributed by atoms with van der Waals surface area (Å²) in [5.41, 5.74) is 1.59. The Morgan fingerprint density at radius 3 is 2.52 bits per heavy atom. The predicted molar refractivity (Wildman–Crippen MR) is 90.3 cm³/mol. The van der Waals surface area contributed by atoms with Gasteiger partial charge in [0, 0.05) is 9.37 Å². The molecule has 0 radical (unpaired) electrons. The van der Waals surface area contributed by atoms with E-state index in [1.807, 2.05) is 43.3 Å². The van der Waals surface area contributed by atoms with Crippen molar-refractivity contribution in [3.05, 3.63) is 58.1 Å². The van der Waals surface area contributed by atoms with E-state index in [1.165, 1.54) is 0 Å². The van der Waals surface area contributed by atoms with Gasteiger partial charge in [-0.15, -0.1) is 12.6 Å². The number of ether oxygens (including phenoxy) is 1. The number of carbonyl (C=O) groups excluding carboxylic acids is 1. The molecule has 0 aliphatic carbocycles. The SMILES string of the molecule is COc1ccc(C(C)NC(=O)c2cc(S)ccc2Br)cc1. The molecule has 3 nitrogen and oxygen atoms in total. The van der Waals surface area contributed by atoms with E-state index in [4.69, 9.17) is 4.74 Å². The Morgan fingerprint density at radius 1 is 1.24 bits per heavy atom. The number of rotatable bonds is 4. The van der Waals surface area contributed by atoms with Crippen LogP contribution in [0.5, 0.6) is 5.75 Å². The molecular weight excluding hydrogens is 350 g/mol. The van der Waals surface area contributed by atoms with Crippen molar-refractivity contribution >= 4 is 34.5 Å². The van der Waals surface area contributed by atoms with Crippen molar-refractivity contribution in [3.8, 4) is 5.75 Å². The van der Waals surface area contributed by atoms with E-state index in [-0.39, 0.29) is 11.9 Å². The summed E-state index contributed by atoms with van der Waals surface area (Å²) in [5.74, 6) is 0.656. The van der Waals surface area contributed by atoms with Crippen molar-refractivity contribution in [2.45, 2.75) is 17.9 Å². The zero-order chi connectivity index (χ0) is 15.4. The molecule has 0 aromatic heterocycles. The largest absolute Gasteiger partial charge is 0.497 e. The molecule has 1 amide bonds. The Morgan fingerprint density at radius 2 is 1.90 bits per heavy atom. The first kappa shape index (κ1) is 15.9. The summed E-state index contributed by atoms with van der Waals surface area (Å²) in [6.45, 7) is 1.94. The molecule has 0 fully saturated rings. The van der Waals surface area contributed by atoms with Crippen LogP contribution in [0.15, 0.2) is 51.8 Å². The van der Waals surface area contributed by atoms with Crippen LogP contribution in [0.4, 0.5) is 0 Å². The third-order valence-corrected chi connectivity index (χ3v) is 4.13. The minimum absolute atomic E-state index is 0.0983. The molecule has 5 heteroatoms. The average Bonchev–Trinajstić information content (AvgIpc) is 2.49. The van der Waals surface area contributed by atoms with Gasteiger partial charge in [0.2, 0.25) is 0 Å². The maximum absolute atomic E-state index is 12.3. The van der Waals surface area contributed by atoms with Crippen molar-refractivity contribution in [2.24, 2.45) is 0 Å². The number of hydrogen-bond donors (Lipinski definition) is 2. The number of hydrogen-bond acceptors (Lipinski definition) is 3. The van der Waals surface area contributed by atoms with Crippen LogP contribution in [0.3, 0.4) is 0 Å². The molecule has 2 rings (SSSR count). The van der Waals surface area contributed by atoms with Crippen molar-refractivity contribution in [1.82, 2.24) is 5.32 Å². The van der Waals surface area contributed by atoms with E-state index >= 15 is 0 Å². The van der Waals surface area contributed by atoms with Crippen LogP contribution in [0, 0.1) is 0 Å². The lowest BCUT2D eigenvalue weighted by molar-refractivity contribution is 0.0939. The maximum Gasteiger partial charge on any atom is 0.252 e. The number of nitrogens with one attached hydrogen (secondary N) is 1. The van der Waals surface area contributed by atoms with Crippen LogP contribution in [-0.4, -0.2) is 13.0 Å².